The fourth-order valence-corrected chi connectivity index (χ4v) is 2.73. The predicted molar refractivity (Wildman–Crippen MR) is 103 cm³/mol. The molecule has 0 amide bonds. The number of alkyl halides is 3. The van der Waals surface area contributed by atoms with Crippen LogP contribution in [0.1, 0.15) is 17.0 Å². The van der Waals surface area contributed by atoms with E-state index in [4.69, 9.17) is 4.74 Å². The Labute approximate surface area is 160 Å². The normalized spacial score (nSPS) is 11.2. The number of nitrogens with zero attached hydrogens (tertiary/aromatic N) is 2. The zero-order valence-electron chi connectivity index (χ0n) is 15.6. The Balaban J connectivity index is 1.93. The Bertz CT molecular complexity index is 989. The maximum Gasteiger partial charge on any atom is 0.418 e. The summed E-state index contributed by atoms with van der Waals surface area (Å²) in [7, 11) is 1.56. The van der Waals surface area contributed by atoms with Crippen LogP contribution in [0.5, 0.6) is 5.75 Å². The van der Waals surface area contributed by atoms with E-state index in [0.29, 0.717) is 23.1 Å². The van der Waals surface area contributed by atoms with Crippen molar-refractivity contribution in [3.8, 4) is 5.75 Å². The van der Waals surface area contributed by atoms with Gasteiger partial charge < -0.3 is 15.4 Å². The maximum atomic E-state index is 13.2. The zero-order chi connectivity index (χ0) is 20.3. The van der Waals surface area contributed by atoms with Gasteiger partial charge in [0.2, 0.25) is 0 Å². The van der Waals surface area contributed by atoms with Crippen LogP contribution in [0.2, 0.25) is 0 Å². The van der Waals surface area contributed by atoms with Crippen LogP contribution in [-0.2, 0) is 6.18 Å². The number of nitrogens with one attached hydrogen (secondary N) is 2. The number of anilines is 4. The van der Waals surface area contributed by atoms with Gasteiger partial charge >= 0.3 is 6.18 Å². The second-order valence-electron chi connectivity index (χ2n) is 6.18. The lowest BCUT2D eigenvalue weighted by molar-refractivity contribution is -0.136. The van der Waals surface area contributed by atoms with Crippen molar-refractivity contribution in [2.75, 3.05) is 17.7 Å². The first kappa shape index (κ1) is 19.5. The third-order valence-corrected chi connectivity index (χ3v) is 3.95. The van der Waals surface area contributed by atoms with Crippen molar-refractivity contribution in [1.82, 2.24) is 9.97 Å². The Morgan fingerprint density at radius 1 is 0.857 bits per heavy atom. The van der Waals surface area contributed by atoms with Gasteiger partial charge in [-0.2, -0.15) is 13.2 Å². The Kier molecular flexibility index (Phi) is 5.39. The number of aryl methyl sites for hydroxylation is 2. The van der Waals surface area contributed by atoms with Crippen LogP contribution in [0.4, 0.5) is 36.2 Å². The lowest BCUT2D eigenvalue weighted by Crippen LogP contribution is -2.09. The van der Waals surface area contributed by atoms with Gasteiger partial charge in [0.15, 0.2) is 0 Å². The van der Waals surface area contributed by atoms with Crippen molar-refractivity contribution in [2.24, 2.45) is 0 Å². The minimum atomic E-state index is -4.47. The highest BCUT2D eigenvalue weighted by atomic mass is 19.4. The molecule has 0 aliphatic rings. The Morgan fingerprint density at radius 2 is 1.50 bits per heavy atom. The highest BCUT2D eigenvalue weighted by Gasteiger charge is 2.33. The molecule has 2 aromatic carbocycles. The minimum absolute atomic E-state index is 0.0767. The Hall–Kier alpha value is -3.29. The molecule has 5 nitrogen and oxygen atoms in total. The van der Waals surface area contributed by atoms with E-state index in [1.807, 2.05) is 25.1 Å². The molecule has 1 aromatic heterocycles. The van der Waals surface area contributed by atoms with E-state index in [2.05, 4.69) is 20.6 Å². The van der Waals surface area contributed by atoms with Crippen molar-refractivity contribution >= 4 is 23.0 Å². The molecule has 2 N–H and O–H groups in total. The summed E-state index contributed by atoms with van der Waals surface area (Å²) in [5.41, 5.74) is 0.877. The van der Waals surface area contributed by atoms with Gasteiger partial charge in [0.25, 0.3) is 0 Å². The van der Waals surface area contributed by atoms with E-state index in [1.54, 1.807) is 20.1 Å². The molecule has 1 heterocycles. The molecule has 0 bridgehead atoms. The minimum Gasteiger partial charge on any atom is -0.495 e. The molecule has 0 saturated carbocycles. The third-order valence-electron chi connectivity index (χ3n) is 3.95. The number of halogens is 3. The van der Waals surface area contributed by atoms with Crippen molar-refractivity contribution in [3.63, 3.8) is 0 Å². The SMILES string of the molecule is COc1ccc(C)cc1Nc1cc(Nc2ccccc2C(F)(F)F)nc(C)n1. The number of para-hydroxylation sites is 1. The van der Waals surface area contributed by atoms with E-state index >= 15 is 0 Å². The van der Waals surface area contributed by atoms with Crippen molar-refractivity contribution in [1.29, 1.82) is 0 Å². The molecule has 0 radical (unpaired) electrons. The highest BCUT2D eigenvalue weighted by molar-refractivity contribution is 5.68. The number of methoxy groups -OCH3 is 1. The van der Waals surface area contributed by atoms with E-state index in [9.17, 15) is 13.2 Å². The van der Waals surface area contributed by atoms with E-state index in [0.717, 1.165) is 11.6 Å². The first-order chi connectivity index (χ1) is 13.3. The van der Waals surface area contributed by atoms with E-state index in [1.165, 1.54) is 18.2 Å². The molecule has 0 atom stereocenters. The summed E-state index contributed by atoms with van der Waals surface area (Å²) in [5, 5.41) is 5.88. The molecule has 3 aromatic rings. The number of rotatable bonds is 5. The zero-order valence-corrected chi connectivity index (χ0v) is 15.6. The van der Waals surface area contributed by atoms with Gasteiger partial charge in [0, 0.05) is 6.07 Å². The van der Waals surface area contributed by atoms with E-state index < -0.39 is 11.7 Å². The van der Waals surface area contributed by atoms with Crippen LogP contribution in [0.25, 0.3) is 0 Å². The van der Waals surface area contributed by atoms with Crippen LogP contribution in [0.15, 0.2) is 48.5 Å². The summed E-state index contributed by atoms with van der Waals surface area (Å²) < 4.78 is 45.0. The second-order valence-corrected chi connectivity index (χ2v) is 6.18. The summed E-state index contributed by atoms with van der Waals surface area (Å²) in [6, 6.07) is 12.4. The average Bonchev–Trinajstić information content (AvgIpc) is 2.61. The molecule has 28 heavy (non-hydrogen) atoms. The second kappa shape index (κ2) is 7.75. The quantitative estimate of drug-likeness (QED) is 0.595. The van der Waals surface area contributed by atoms with Gasteiger partial charge in [-0.1, -0.05) is 18.2 Å². The maximum absolute atomic E-state index is 13.2. The summed E-state index contributed by atoms with van der Waals surface area (Å²) >= 11 is 0. The van der Waals surface area contributed by atoms with Crippen LogP contribution in [0, 0.1) is 13.8 Å². The van der Waals surface area contributed by atoms with Gasteiger partial charge in [-0.15, -0.1) is 0 Å². The van der Waals surface area contributed by atoms with Gasteiger partial charge in [0.1, 0.15) is 23.2 Å². The van der Waals surface area contributed by atoms with Gasteiger partial charge in [-0.05, 0) is 43.7 Å². The van der Waals surface area contributed by atoms with Crippen LogP contribution >= 0.6 is 0 Å². The molecule has 0 saturated heterocycles. The van der Waals surface area contributed by atoms with Crippen molar-refractivity contribution < 1.29 is 17.9 Å². The fourth-order valence-electron chi connectivity index (χ4n) is 2.73. The Morgan fingerprint density at radius 3 is 2.14 bits per heavy atom. The molecule has 0 fully saturated rings. The largest absolute Gasteiger partial charge is 0.495 e. The van der Waals surface area contributed by atoms with Gasteiger partial charge in [0.05, 0.1) is 24.0 Å². The topological polar surface area (TPSA) is 59.1 Å². The monoisotopic (exact) mass is 388 g/mol. The first-order valence-corrected chi connectivity index (χ1v) is 8.47. The van der Waals surface area contributed by atoms with Crippen LogP contribution in [0.3, 0.4) is 0 Å². The molecular weight excluding hydrogens is 369 g/mol. The molecule has 0 aliphatic heterocycles. The first-order valence-electron chi connectivity index (χ1n) is 8.47. The predicted octanol–water partition coefficient (Wildman–Crippen LogP) is 5.61. The summed E-state index contributed by atoms with van der Waals surface area (Å²) in [4.78, 5) is 8.50. The molecule has 0 spiro atoms. The summed E-state index contributed by atoms with van der Waals surface area (Å²) in [6.07, 6.45) is -4.47. The number of ether oxygens (including phenoxy) is 1. The summed E-state index contributed by atoms with van der Waals surface area (Å²) in [5.74, 6) is 1.71. The lowest BCUT2D eigenvalue weighted by atomic mass is 10.1. The number of hydrogen-bond donors (Lipinski definition) is 2. The molecular formula is C20H19F3N4O. The third kappa shape index (κ3) is 4.51. The number of hydrogen-bond acceptors (Lipinski definition) is 5. The molecule has 3 rings (SSSR count). The summed E-state index contributed by atoms with van der Waals surface area (Å²) in [6.45, 7) is 3.61. The van der Waals surface area contributed by atoms with Crippen LogP contribution in [-0.4, -0.2) is 17.1 Å². The molecule has 146 valence electrons. The number of benzene rings is 2. The fraction of sp³-hybridized carbons (Fsp3) is 0.200. The van der Waals surface area contributed by atoms with Crippen molar-refractivity contribution in [2.45, 2.75) is 20.0 Å². The number of aromatic nitrogens is 2. The molecule has 0 aliphatic carbocycles. The average molecular weight is 388 g/mol. The van der Waals surface area contributed by atoms with Crippen molar-refractivity contribution in [3.05, 3.63) is 65.5 Å². The lowest BCUT2D eigenvalue weighted by Gasteiger charge is -2.15. The smallest absolute Gasteiger partial charge is 0.418 e. The highest BCUT2D eigenvalue weighted by Crippen LogP contribution is 2.36. The molecule has 0 unspecified atom stereocenters. The van der Waals surface area contributed by atoms with Gasteiger partial charge in [-0.3, -0.25) is 0 Å². The van der Waals surface area contributed by atoms with Crippen LogP contribution < -0.4 is 15.4 Å². The molecule has 8 heteroatoms. The van der Waals surface area contributed by atoms with Gasteiger partial charge in [-0.25, -0.2) is 9.97 Å². The van der Waals surface area contributed by atoms with E-state index in [-0.39, 0.29) is 11.5 Å². The standard InChI is InChI=1S/C20H19F3N4O/c1-12-8-9-17(28-3)16(10-12)27-19-11-18(24-13(2)25-19)26-15-7-5-4-6-14(15)20(21,22)23/h4-11H,1-3H3,(H2,24,25,26,27).